The van der Waals surface area contributed by atoms with Gasteiger partial charge in [0.05, 0.1) is 31.4 Å². The van der Waals surface area contributed by atoms with E-state index in [1.165, 1.54) is 23.0 Å². The van der Waals surface area contributed by atoms with Crippen molar-refractivity contribution in [1.82, 2.24) is 9.80 Å². The zero-order valence-electron chi connectivity index (χ0n) is 24.7. The lowest BCUT2D eigenvalue weighted by Crippen LogP contribution is -2.65. The quantitative estimate of drug-likeness (QED) is 0.232. The van der Waals surface area contributed by atoms with Gasteiger partial charge in [0.15, 0.2) is 11.4 Å². The Bertz CT molecular complexity index is 1610. The van der Waals surface area contributed by atoms with Gasteiger partial charge in [0, 0.05) is 36.4 Å². The van der Waals surface area contributed by atoms with Gasteiger partial charge < -0.3 is 40.5 Å². The van der Waals surface area contributed by atoms with Crippen LogP contribution in [0.3, 0.4) is 0 Å². The molecule has 234 valence electrons. The van der Waals surface area contributed by atoms with Gasteiger partial charge in [-0.25, -0.2) is 4.79 Å². The summed E-state index contributed by atoms with van der Waals surface area (Å²) in [6.45, 7) is 0.660. The number of fused-ring (bicyclic) bond motifs is 4. The molecule has 6 rings (SSSR count). The van der Waals surface area contributed by atoms with Gasteiger partial charge >= 0.3 is 6.09 Å². The van der Waals surface area contributed by atoms with Crippen molar-refractivity contribution in [2.45, 2.75) is 36.5 Å². The highest BCUT2D eigenvalue weighted by molar-refractivity contribution is 6.24. The van der Waals surface area contributed by atoms with E-state index in [2.05, 4.69) is 0 Å². The molecule has 5 aliphatic rings. The molecule has 1 aliphatic heterocycles. The number of ether oxygens (including phenoxy) is 2. The Morgan fingerprint density at radius 2 is 1.86 bits per heavy atom. The molecule has 1 heterocycles. The van der Waals surface area contributed by atoms with E-state index >= 15 is 0 Å². The lowest BCUT2D eigenvalue weighted by Gasteiger charge is -2.50. The number of aliphatic hydroxyl groups excluding tert-OH is 2. The Kier molecular flexibility index (Phi) is 6.72. The Hall–Kier alpha value is -4.20. The highest BCUT2D eigenvalue weighted by Crippen LogP contribution is 2.65. The fourth-order valence-corrected chi connectivity index (χ4v) is 8.18. The number of carbonyl (C=O) groups is 4. The Morgan fingerprint density at radius 3 is 2.50 bits per heavy atom. The van der Waals surface area contributed by atoms with Crippen LogP contribution in [0, 0.1) is 17.3 Å². The van der Waals surface area contributed by atoms with Gasteiger partial charge in [0.1, 0.15) is 22.8 Å². The Balaban J connectivity index is 1.48. The van der Waals surface area contributed by atoms with Gasteiger partial charge in [-0.05, 0) is 50.0 Å². The number of carbonyl (C=O) groups excluding carboxylic acids is 4. The number of Topliss-reactive ketones (excluding diaryl/α,β-unsaturated/α-hetero) is 2. The molecule has 13 heteroatoms. The molecule has 7 atom stereocenters. The number of likely N-dealkylation sites (N-methyl/N-ethyl adjacent to an activating group) is 1. The standard InChI is InChI=1S/C31H35N3O10/c1-33(2)22-16-11-13-10-15-14(21-27-30(21,8-5-9-44-27)12-34(3)29(41)43-4)6-7-17(35)19(15)23(36)18(13)25(38)31(16,42)26(39)20(24(22)37)28(32)40/h5-8,13,16,21-22,27,35-36,39,42H,9-12H2,1-4H3,(H2,32,40)/t13-,16-,21?,22-,27?,30?,31-/m0/s1. The smallest absolute Gasteiger partial charge is 0.409 e. The molecule has 0 aromatic heterocycles. The van der Waals surface area contributed by atoms with Gasteiger partial charge in [-0.2, -0.15) is 0 Å². The molecule has 1 aromatic rings. The van der Waals surface area contributed by atoms with Crippen molar-refractivity contribution in [1.29, 1.82) is 0 Å². The van der Waals surface area contributed by atoms with Gasteiger partial charge in [-0.3, -0.25) is 19.3 Å². The number of ketones is 2. The number of nitrogens with two attached hydrogens (primary N) is 1. The molecule has 3 unspecified atom stereocenters. The average Bonchev–Trinajstić information content (AvgIpc) is 3.61. The fourth-order valence-electron chi connectivity index (χ4n) is 8.18. The Morgan fingerprint density at radius 1 is 1.16 bits per heavy atom. The van der Waals surface area contributed by atoms with Gasteiger partial charge in [-0.1, -0.05) is 18.2 Å². The molecule has 0 spiro atoms. The van der Waals surface area contributed by atoms with Gasteiger partial charge in [-0.15, -0.1) is 0 Å². The van der Waals surface area contributed by atoms with Crippen LogP contribution in [0.1, 0.15) is 29.0 Å². The minimum absolute atomic E-state index is 0.0123. The van der Waals surface area contributed by atoms with Crippen molar-refractivity contribution in [3.63, 3.8) is 0 Å². The van der Waals surface area contributed by atoms with Crippen LogP contribution in [-0.4, -0.2) is 113 Å². The van der Waals surface area contributed by atoms with Crippen LogP contribution in [0.2, 0.25) is 0 Å². The summed E-state index contributed by atoms with van der Waals surface area (Å²) in [6.07, 6.45) is 3.23. The van der Waals surface area contributed by atoms with Crippen molar-refractivity contribution in [3.05, 3.63) is 57.9 Å². The first kappa shape index (κ1) is 29.9. The highest BCUT2D eigenvalue weighted by Gasteiger charge is 2.68. The van der Waals surface area contributed by atoms with E-state index in [4.69, 9.17) is 15.2 Å². The molecule has 0 saturated heterocycles. The number of nitrogens with zero attached hydrogens (tertiary/aromatic N) is 2. The average molecular weight is 610 g/mol. The van der Waals surface area contributed by atoms with E-state index in [1.54, 1.807) is 27.2 Å². The molecular formula is C31H35N3O10. The topological polar surface area (TPSA) is 200 Å². The van der Waals surface area contributed by atoms with Crippen LogP contribution >= 0.6 is 0 Å². The number of phenolic OH excluding ortho intramolecular Hbond substituents is 1. The van der Waals surface area contributed by atoms with Gasteiger partial charge in [0.25, 0.3) is 5.91 Å². The number of aromatic hydroxyl groups is 1. The number of rotatable bonds is 5. The predicted octanol–water partition coefficient (Wildman–Crippen LogP) is 0.701. The maximum Gasteiger partial charge on any atom is 0.409 e. The minimum atomic E-state index is -2.70. The van der Waals surface area contributed by atoms with E-state index in [1.807, 2.05) is 12.2 Å². The van der Waals surface area contributed by atoms with Crippen LogP contribution in [0.5, 0.6) is 5.75 Å². The number of hydrogen-bond donors (Lipinski definition) is 5. The molecule has 0 bridgehead atoms. The lowest BCUT2D eigenvalue weighted by molar-refractivity contribution is -0.153. The molecule has 44 heavy (non-hydrogen) atoms. The summed E-state index contributed by atoms with van der Waals surface area (Å²) in [5.74, 6) is -7.27. The number of primary amides is 1. The number of hydrogen-bond acceptors (Lipinski definition) is 11. The molecule has 2 fully saturated rings. The van der Waals surface area contributed by atoms with E-state index in [-0.39, 0.29) is 48.3 Å². The zero-order valence-corrected chi connectivity index (χ0v) is 24.7. The van der Waals surface area contributed by atoms with Crippen LogP contribution in [0.4, 0.5) is 4.79 Å². The Labute approximate surface area is 252 Å². The van der Waals surface area contributed by atoms with Crippen molar-refractivity contribution in [3.8, 4) is 5.75 Å². The first-order chi connectivity index (χ1) is 20.7. The summed E-state index contributed by atoms with van der Waals surface area (Å²) in [5, 5.41) is 45.4. The van der Waals surface area contributed by atoms with E-state index in [0.29, 0.717) is 12.2 Å². The van der Waals surface area contributed by atoms with Crippen molar-refractivity contribution < 1.29 is 49.1 Å². The predicted molar refractivity (Wildman–Crippen MR) is 153 cm³/mol. The van der Waals surface area contributed by atoms with E-state index in [9.17, 15) is 39.6 Å². The maximum absolute atomic E-state index is 14.1. The minimum Gasteiger partial charge on any atom is -0.508 e. The first-order valence-corrected chi connectivity index (χ1v) is 14.3. The van der Waals surface area contributed by atoms with Crippen LogP contribution < -0.4 is 5.73 Å². The molecule has 2 amide bonds. The zero-order chi connectivity index (χ0) is 32.0. The monoisotopic (exact) mass is 609 g/mol. The maximum atomic E-state index is 14.1. The molecule has 13 nitrogen and oxygen atoms in total. The van der Waals surface area contributed by atoms with Crippen molar-refractivity contribution >= 4 is 29.3 Å². The summed E-state index contributed by atoms with van der Waals surface area (Å²) in [7, 11) is 6.02. The second-order valence-electron chi connectivity index (χ2n) is 12.6. The molecule has 1 aromatic carbocycles. The summed E-state index contributed by atoms with van der Waals surface area (Å²) in [4.78, 5) is 54.8. The number of benzene rings is 1. The largest absolute Gasteiger partial charge is 0.508 e. The lowest BCUT2D eigenvalue weighted by atomic mass is 9.57. The molecule has 6 N–H and O–H groups in total. The van der Waals surface area contributed by atoms with E-state index in [0.717, 1.165) is 5.56 Å². The number of aliphatic hydroxyl groups is 3. The second-order valence-corrected chi connectivity index (χ2v) is 12.6. The normalized spacial score (nSPS) is 33.8. The molecule has 2 saturated carbocycles. The van der Waals surface area contributed by atoms with E-state index < -0.39 is 69.6 Å². The summed E-state index contributed by atoms with van der Waals surface area (Å²) in [6, 6.07) is 1.98. The van der Waals surface area contributed by atoms with Crippen LogP contribution in [0.15, 0.2) is 41.2 Å². The number of phenols is 1. The van der Waals surface area contributed by atoms with Crippen LogP contribution in [-0.2, 0) is 30.3 Å². The van der Waals surface area contributed by atoms with Gasteiger partial charge in [0.2, 0.25) is 5.78 Å². The number of methoxy groups -OCH3 is 1. The fraction of sp³-hybridized carbons (Fsp3) is 0.484. The third-order valence-corrected chi connectivity index (χ3v) is 10.1. The van der Waals surface area contributed by atoms with Crippen molar-refractivity contribution in [2.24, 2.45) is 23.0 Å². The summed E-state index contributed by atoms with van der Waals surface area (Å²) < 4.78 is 11.0. The molecular weight excluding hydrogens is 574 g/mol. The summed E-state index contributed by atoms with van der Waals surface area (Å²) >= 11 is 0. The number of amides is 2. The summed E-state index contributed by atoms with van der Waals surface area (Å²) in [5.41, 5.74) is 2.37. The molecule has 0 radical (unpaired) electrons. The third kappa shape index (κ3) is 3.82. The highest BCUT2D eigenvalue weighted by atomic mass is 16.5. The van der Waals surface area contributed by atoms with Crippen molar-refractivity contribution in [2.75, 3.05) is 41.4 Å². The van der Waals surface area contributed by atoms with Crippen LogP contribution in [0.25, 0.3) is 5.76 Å². The third-order valence-electron chi connectivity index (χ3n) is 10.1. The molecule has 4 aliphatic carbocycles. The SMILES string of the molecule is COC(=O)N(C)CC12C=CCOC1C2c1ccc(O)c2c1C[C@H]1C[C@H]3[C@H](N(C)C)C(=O)C(C(N)=O)=C(O)[C@@]3(O)C(=O)C1=C2O. The first-order valence-electron chi connectivity index (χ1n) is 14.3. The second kappa shape index (κ2) is 9.91.